The van der Waals surface area contributed by atoms with Crippen LogP contribution in [-0.2, 0) is 4.74 Å². The molecule has 0 aromatic heterocycles. The maximum Gasteiger partial charge on any atom is 0.255 e. The van der Waals surface area contributed by atoms with Crippen LogP contribution in [0.5, 0.6) is 5.75 Å². The zero-order valence-corrected chi connectivity index (χ0v) is 13.9. The minimum atomic E-state index is -0.471. The van der Waals surface area contributed by atoms with Crippen molar-refractivity contribution in [3.8, 4) is 5.75 Å². The molecule has 0 bridgehead atoms. The van der Waals surface area contributed by atoms with Gasteiger partial charge in [-0.3, -0.25) is 4.79 Å². The molecule has 1 unspecified atom stereocenters. The van der Waals surface area contributed by atoms with Gasteiger partial charge in [-0.15, -0.1) is 0 Å². The third kappa shape index (κ3) is 5.06. The van der Waals surface area contributed by atoms with Gasteiger partial charge in [-0.25, -0.2) is 4.39 Å². The summed E-state index contributed by atoms with van der Waals surface area (Å²) in [7, 11) is 1.45. The van der Waals surface area contributed by atoms with Gasteiger partial charge in [0, 0.05) is 13.2 Å². The monoisotopic (exact) mass is 331 g/mol. The molecule has 0 saturated heterocycles. The van der Waals surface area contributed by atoms with Crippen LogP contribution in [0.25, 0.3) is 0 Å². The van der Waals surface area contributed by atoms with E-state index >= 15 is 0 Å². The predicted molar refractivity (Wildman–Crippen MR) is 90.7 cm³/mol. The van der Waals surface area contributed by atoms with Gasteiger partial charge in [0.2, 0.25) is 0 Å². The fourth-order valence-electron chi connectivity index (χ4n) is 2.31. The lowest BCUT2D eigenvalue weighted by molar-refractivity contribution is 0.0634. The fraction of sp³-hybridized carbons (Fsp3) is 0.316. The molecular weight excluding hydrogens is 309 g/mol. The molecular formula is C19H22FNO3. The SMILES string of the molecule is COc1ccc(F)cc1C(=O)NCCCOC(C)c1ccccc1. The van der Waals surface area contributed by atoms with Crippen LogP contribution in [0.15, 0.2) is 48.5 Å². The molecule has 2 rings (SSSR count). The van der Waals surface area contributed by atoms with Gasteiger partial charge in [0.1, 0.15) is 11.6 Å². The molecule has 0 spiro atoms. The third-order valence-electron chi connectivity index (χ3n) is 3.65. The lowest BCUT2D eigenvalue weighted by Crippen LogP contribution is -2.26. The van der Waals surface area contributed by atoms with Crippen LogP contribution in [0, 0.1) is 5.82 Å². The van der Waals surface area contributed by atoms with Crippen LogP contribution < -0.4 is 10.1 Å². The molecule has 2 aromatic rings. The fourth-order valence-corrected chi connectivity index (χ4v) is 2.31. The largest absolute Gasteiger partial charge is 0.496 e. The number of hydrogen-bond acceptors (Lipinski definition) is 3. The first kappa shape index (κ1) is 17.9. The van der Waals surface area contributed by atoms with Gasteiger partial charge in [0.15, 0.2) is 0 Å². The average molecular weight is 331 g/mol. The highest BCUT2D eigenvalue weighted by Gasteiger charge is 2.13. The summed E-state index contributed by atoms with van der Waals surface area (Å²) in [6.07, 6.45) is 0.672. The van der Waals surface area contributed by atoms with Gasteiger partial charge in [-0.1, -0.05) is 30.3 Å². The number of carbonyl (C=O) groups excluding carboxylic acids is 1. The van der Waals surface area contributed by atoms with Crippen LogP contribution >= 0.6 is 0 Å². The molecule has 24 heavy (non-hydrogen) atoms. The molecule has 0 aliphatic rings. The number of benzene rings is 2. The molecule has 1 N–H and O–H groups in total. The minimum Gasteiger partial charge on any atom is -0.496 e. The lowest BCUT2D eigenvalue weighted by atomic mass is 10.1. The topological polar surface area (TPSA) is 47.6 Å². The number of hydrogen-bond donors (Lipinski definition) is 1. The van der Waals surface area contributed by atoms with Gasteiger partial charge in [0.05, 0.1) is 18.8 Å². The maximum absolute atomic E-state index is 13.3. The molecule has 0 aliphatic carbocycles. The number of rotatable bonds is 8. The van der Waals surface area contributed by atoms with Crippen LogP contribution in [-0.4, -0.2) is 26.2 Å². The van der Waals surface area contributed by atoms with E-state index in [1.165, 1.54) is 25.3 Å². The van der Waals surface area contributed by atoms with Crippen molar-refractivity contribution in [2.45, 2.75) is 19.4 Å². The Morgan fingerprint density at radius 1 is 1.21 bits per heavy atom. The molecule has 0 aliphatic heterocycles. The molecule has 1 amide bonds. The minimum absolute atomic E-state index is 0.00483. The zero-order chi connectivity index (χ0) is 17.4. The first-order valence-electron chi connectivity index (χ1n) is 7.90. The Labute approximate surface area is 141 Å². The van der Waals surface area contributed by atoms with Gasteiger partial charge in [-0.05, 0) is 37.1 Å². The zero-order valence-electron chi connectivity index (χ0n) is 13.9. The number of carbonyl (C=O) groups is 1. The first-order valence-corrected chi connectivity index (χ1v) is 7.90. The van der Waals surface area contributed by atoms with Crippen molar-refractivity contribution in [3.63, 3.8) is 0 Å². The van der Waals surface area contributed by atoms with Crippen molar-refractivity contribution in [3.05, 3.63) is 65.5 Å². The summed E-state index contributed by atoms with van der Waals surface area (Å²) < 4.78 is 24.1. The van der Waals surface area contributed by atoms with Crippen molar-refractivity contribution < 1.29 is 18.7 Å². The van der Waals surface area contributed by atoms with E-state index in [2.05, 4.69) is 5.32 Å². The first-order chi connectivity index (χ1) is 11.6. The molecule has 5 heteroatoms. The van der Waals surface area contributed by atoms with Crippen molar-refractivity contribution in [2.75, 3.05) is 20.3 Å². The molecule has 0 fully saturated rings. The molecule has 4 nitrogen and oxygen atoms in total. The van der Waals surface area contributed by atoms with Crippen LogP contribution in [0.1, 0.15) is 35.4 Å². The van der Waals surface area contributed by atoms with Crippen molar-refractivity contribution in [2.24, 2.45) is 0 Å². The predicted octanol–water partition coefficient (Wildman–Crippen LogP) is 3.73. The summed E-state index contributed by atoms with van der Waals surface area (Å²) in [6.45, 7) is 2.96. The van der Waals surface area contributed by atoms with E-state index in [9.17, 15) is 9.18 Å². The van der Waals surface area contributed by atoms with Crippen LogP contribution in [0.2, 0.25) is 0 Å². The Hall–Kier alpha value is -2.40. The number of nitrogens with one attached hydrogen (secondary N) is 1. The van der Waals surface area contributed by atoms with Gasteiger partial charge < -0.3 is 14.8 Å². The van der Waals surface area contributed by atoms with E-state index in [4.69, 9.17) is 9.47 Å². The summed E-state index contributed by atoms with van der Waals surface area (Å²) in [5.74, 6) is -0.480. The van der Waals surface area contributed by atoms with E-state index in [0.29, 0.717) is 25.3 Å². The number of ether oxygens (including phenoxy) is 2. The van der Waals surface area contributed by atoms with E-state index in [0.717, 1.165) is 5.56 Å². The van der Waals surface area contributed by atoms with Gasteiger partial charge in [-0.2, -0.15) is 0 Å². The second-order valence-corrected chi connectivity index (χ2v) is 5.38. The molecule has 0 heterocycles. The Kier molecular flexibility index (Phi) is 6.75. The van der Waals surface area contributed by atoms with E-state index in [1.54, 1.807) is 0 Å². The smallest absolute Gasteiger partial charge is 0.255 e. The quantitative estimate of drug-likeness (QED) is 0.750. The molecule has 1 atom stereocenters. The summed E-state index contributed by atoms with van der Waals surface area (Å²) in [6, 6.07) is 13.8. The second-order valence-electron chi connectivity index (χ2n) is 5.38. The highest BCUT2D eigenvalue weighted by Crippen LogP contribution is 2.19. The van der Waals surface area contributed by atoms with E-state index in [-0.39, 0.29) is 17.6 Å². The summed E-state index contributed by atoms with van der Waals surface area (Å²) in [4.78, 5) is 12.1. The van der Waals surface area contributed by atoms with Gasteiger partial charge >= 0.3 is 0 Å². The molecule has 128 valence electrons. The Morgan fingerprint density at radius 2 is 1.96 bits per heavy atom. The van der Waals surface area contributed by atoms with Crippen molar-refractivity contribution >= 4 is 5.91 Å². The highest BCUT2D eigenvalue weighted by atomic mass is 19.1. The Bertz CT molecular complexity index is 661. The molecule has 0 saturated carbocycles. The average Bonchev–Trinajstić information content (AvgIpc) is 2.61. The maximum atomic E-state index is 13.3. The molecule has 2 aromatic carbocycles. The number of methoxy groups -OCH3 is 1. The summed E-state index contributed by atoms with van der Waals surface area (Å²) in [5, 5.41) is 2.75. The Balaban J connectivity index is 1.74. The second kappa shape index (κ2) is 9.03. The normalized spacial score (nSPS) is 11.8. The molecule has 0 radical (unpaired) electrons. The lowest BCUT2D eigenvalue weighted by Gasteiger charge is -2.14. The highest BCUT2D eigenvalue weighted by molar-refractivity contribution is 5.96. The van der Waals surface area contributed by atoms with Crippen LogP contribution in [0.3, 0.4) is 0 Å². The third-order valence-corrected chi connectivity index (χ3v) is 3.65. The van der Waals surface area contributed by atoms with E-state index in [1.807, 2.05) is 37.3 Å². The van der Waals surface area contributed by atoms with Gasteiger partial charge in [0.25, 0.3) is 5.91 Å². The Morgan fingerprint density at radius 3 is 2.67 bits per heavy atom. The number of amides is 1. The van der Waals surface area contributed by atoms with Crippen LogP contribution in [0.4, 0.5) is 4.39 Å². The summed E-state index contributed by atoms with van der Waals surface area (Å²) >= 11 is 0. The standard InChI is InChI=1S/C19H22FNO3/c1-14(15-7-4-3-5-8-15)24-12-6-11-21-19(22)17-13-16(20)9-10-18(17)23-2/h3-5,7-10,13-14H,6,11-12H2,1-2H3,(H,21,22). The number of halogens is 1. The van der Waals surface area contributed by atoms with Crippen molar-refractivity contribution in [1.82, 2.24) is 5.32 Å². The van der Waals surface area contributed by atoms with Crippen molar-refractivity contribution in [1.29, 1.82) is 0 Å². The summed E-state index contributed by atoms with van der Waals surface area (Å²) in [5.41, 5.74) is 1.31. The van der Waals surface area contributed by atoms with E-state index < -0.39 is 5.82 Å².